The van der Waals surface area contributed by atoms with Gasteiger partial charge in [-0.2, -0.15) is 0 Å². The second kappa shape index (κ2) is 5.87. The predicted octanol–water partition coefficient (Wildman–Crippen LogP) is 1.56. The first-order chi connectivity index (χ1) is 8.76. The molecule has 18 heavy (non-hydrogen) atoms. The van der Waals surface area contributed by atoms with E-state index in [2.05, 4.69) is 5.32 Å². The first-order valence-electron chi connectivity index (χ1n) is 6.18. The fraction of sp³-hybridized carbons (Fsp3) is 0.500. The highest BCUT2D eigenvalue weighted by Gasteiger charge is 2.32. The van der Waals surface area contributed by atoms with E-state index in [-0.39, 0.29) is 17.8 Å². The van der Waals surface area contributed by atoms with E-state index in [4.69, 9.17) is 9.47 Å². The standard InChI is InChI=1S/C14H19NO3/c1-17-11-5-3-4-10(8-11)13-9-15-7-6-12(13)14(16)18-2/h3-5,8,12-13,15H,6-7,9H2,1-2H3/t12-,13-/m0/s1. The van der Waals surface area contributed by atoms with Crippen LogP contribution < -0.4 is 10.1 Å². The van der Waals surface area contributed by atoms with Crippen molar-refractivity contribution < 1.29 is 14.3 Å². The van der Waals surface area contributed by atoms with Gasteiger partial charge in [0.25, 0.3) is 0 Å². The summed E-state index contributed by atoms with van der Waals surface area (Å²) in [6.45, 7) is 1.66. The first kappa shape index (κ1) is 12.9. The number of carbonyl (C=O) groups excluding carboxylic acids is 1. The van der Waals surface area contributed by atoms with Crippen molar-refractivity contribution in [3.05, 3.63) is 29.8 Å². The van der Waals surface area contributed by atoms with E-state index < -0.39 is 0 Å². The molecule has 0 aromatic heterocycles. The minimum absolute atomic E-state index is 0.0663. The third-order valence-electron chi connectivity index (χ3n) is 3.51. The van der Waals surface area contributed by atoms with E-state index in [1.807, 2.05) is 24.3 Å². The summed E-state index contributed by atoms with van der Waals surface area (Å²) >= 11 is 0. The fourth-order valence-corrected chi connectivity index (χ4v) is 2.51. The molecule has 2 rings (SSSR count). The third kappa shape index (κ3) is 2.64. The Hall–Kier alpha value is -1.55. The lowest BCUT2D eigenvalue weighted by Crippen LogP contribution is -2.39. The first-order valence-corrected chi connectivity index (χ1v) is 6.18. The summed E-state index contributed by atoms with van der Waals surface area (Å²) in [6.07, 6.45) is 0.814. The summed E-state index contributed by atoms with van der Waals surface area (Å²) < 4.78 is 10.1. The monoisotopic (exact) mass is 249 g/mol. The summed E-state index contributed by atoms with van der Waals surface area (Å²) in [5, 5.41) is 3.33. The quantitative estimate of drug-likeness (QED) is 0.826. The van der Waals surface area contributed by atoms with E-state index in [9.17, 15) is 4.79 Å². The van der Waals surface area contributed by atoms with Crippen molar-refractivity contribution in [2.75, 3.05) is 27.3 Å². The van der Waals surface area contributed by atoms with E-state index >= 15 is 0 Å². The van der Waals surface area contributed by atoms with Gasteiger partial charge in [0, 0.05) is 12.5 Å². The molecule has 2 atom stereocenters. The molecule has 4 heteroatoms. The summed E-state index contributed by atoms with van der Waals surface area (Å²) in [7, 11) is 3.10. The number of hydrogen-bond acceptors (Lipinski definition) is 4. The smallest absolute Gasteiger partial charge is 0.309 e. The van der Waals surface area contributed by atoms with Crippen LogP contribution in [0, 0.1) is 5.92 Å². The zero-order valence-electron chi connectivity index (χ0n) is 10.8. The van der Waals surface area contributed by atoms with Gasteiger partial charge in [-0.05, 0) is 30.7 Å². The molecule has 1 saturated heterocycles. The Morgan fingerprint density at radius 2 is 2.22 bits per heavy atom. The highest BCUT2D eigenvalue weighted by molar-refractivity contribution is 5.74. The highest BCUT2D eigenvalue weighted by atomic mass is 16.5. The lowest BCUT2D eigenvalue weighted by molar-refractivity contribution is -0.147. The zero-order chi connectivity index (χ0) is 13.0. The molecule has 4 nitrogen and oxygen atoms in total. The maximum atomic E-state index is 11.8. The van der Waals surface area contributed by atoms with Crippen molar-refractivity contribution >= 4 is 5.97 Å². The molecule has 1 N–H and O–H groups in total. The Morgan fingerprint density at radius 3 is 2.94 bits per heavy atom. The van der Waals surface area contributed by atoms with Crippen LogP contribution in [0.5, 0.6) is 5.75 Å². The number of piperidine rings is 1. The topological polar surface area (TPSA) is 47.6 Å². The molecular formula is C14H19NO3. The molecule has 1 heterocycles. The van der Waals surface area contributed by atoms with Gasteiger partial charge >= 0.3 is 5.97 Å². The Labute approximate surface area is 107 Å². The van der Waals surface area contributed by atoms with Gasteiger partial charge in [0.1, 0.15) is 5.75 Å². The third-order valence-corrected chi connectivity index (χ3v) is 3.51. The highest BCUT2D eigenvalue weighted by Crippen LogP contribution is 2.31. The van der Waals surface area contributed by atoms with Crippen molar-refractivity contribution in [3.63, 3.8) is 0 Å². The van der Waals surface area contributed by atoms with Gasteiger partial charge in [-0.3, -0.25) is 4.79 Å². The molecule has 0 bridgehead atoms. The number of methoxy groups -OCH3 is 2. The molecule has 1 aromatic rings. The molecule has 0 spiro atoms. The number of esters is 1. The molecule has 0 amide bonds. The summed E-state index contributed by atoms with van der Waals surface area (Å²) in [4.78, 5) is 11.8. The molecule has 1 fully saturated rings. The lowest BCUT2D eigenvalue weighted by atomic mass is 9.81. The summed E-state index contributed by atoms with van der Waals surface area (Å²) in [5.74, 6) is 0.788. The normalized spacial score (nSPS) is 23.4. The maximum Gasteiger partial charge on any atom is 0.309 e. The van der Waals surface area contributed by atoms with Crippen LogP contribution in [-0.2, 0) is 9.53 Å². The van der Waals surface area contributed by atoms with Gasteiger partial charge in [-0.25, -0.2) is 0 Å². The van der Waals surface area contributed by atoms with Crippen LogP contribution in [0.4, 0.5) is 0 Å². The van der Waals surface area contributed by atoms with Crippen LogP contribution in [-0.4, -0.2) is 33.3 Å². The molecule has 1 aliphatic rings. The van der Waals surface area contributed by atoms with Crippen LogP contribution in [0.3, 0.4) is 0 Å². The molecule has 98 valence electrons. The number of ether oxygens (including phenoxy) is 2. The second-order valence-corrected chi connectivity index (χ2v) is 4.51. The molecular weight excluding hydrogens is 230 g/mol. The molecule has 0 saturated carbocycles. The second-order valence-electron chi connectivity index (χ2n) is 4.51. The minimum Gasteiger partial charge on any atom is -0.497 e. The summed E-state index contributed by atoms with van der Waals surface area (Å²) in [6, 6.07) is 7.90. The van der Waals surface area contributed by atoms with Crippen molar-refractivity contribution in [2.45, 2.75) is 12.3 Å². The Morgan fingerprint density at radius 1 is 1.39 bits per heavy atom. The van der Waals surface area contributed by atoms with Gasteiger partial charge in [0.15, 0.2) is 0 Å². The minimum atomic E-state index is -0.121. The van der Waals surface area contributed by atoms with E-state index in [1.165, 1.54) is 7.11 Å². The van der Waals surface area contributed by atoms with Gasteiger partial charge in [0.05, 0.1) is 20.1 Å². The average Bonchev–Trinajstić information content (AvgIpc) is 2.46. The summed E-state index contributed by atoms with van der Waals surface area (Å²) in [5.41, 5.74) is 1.12. The van der Waals surface area contributed by atoms with E-state index in [0.29, 0.717) is 0 Å². The van der Waals surface area contributed by atoms with Crippen LogP contribution >= 0.6 is 0 Å². The van der Waals surface area contributed by atoms with Gasteiger partial charge < -0.3 is 14.8 Å². The van der Waals surface area contributed by atoms with Gasteiger partial charge in [-0.15, -0.1) is 0 Å². The number of hydrogen-bond donors (Lipinski definition) is 1. The largest absolute Gasteiger partial charge is 0.497 e. The zero-order valence-corrected chi connectivity index (χ0v) is 10.8. The number of nitrogens with one attached hydrogen (secondary N) is 1. The lowest BCUT2D eigenvalue weighted by Gasteiger charge is -2.30. The molecule has 1 aromatic carbocycles. The van der Waals surface area contributed by atoms with Crippen LogP contribution in [0.15, 0.2) is 24.3 Å². The Bertz CT molecular complexity index is 419. The molecule has 0 unspecified atom stereocenters. The van der Waals surface area contributed by atoms with Crippen LogP contribution in [0.25, 0.3) is 0 Å². The number of carbonyl (C=O) groups is 1. The van der Waals surface area contributed by atoms with Crippen molar-refractivity contribution in [2.24, 2.45) is 5.92 Å². The van der Waals surface area contributed by atoms with Crippen molar-refractivity contribution in [3.8, 4) is 5.75 Å². The Kier molecular flexibility index (Phi) is 4.20. The van der Waals surface area contributed by atoms with Gasteiger partial charge in [-0.1, -0.05) is 12.1 Å². The fourth-order valence-electron chi connectivity index (χ4n) is 2.51. The predicted molar refractivity (Wildman–Crippen MR) is 68.7 cm³/mol. The molecule has 1 aliphatic heterocycles. The Balaban J connectivity index is 2.24. The van der Waals surface area contributed by atoms with Gasteiger partial charge in [0.2, 0.25) is 0 Å². The van der Waals surface area contributed by atoms with Crippen molar-refractivity contribution in [1.82, 2.24) is 5.32 Å². The van der Waals surface area contributed by atoms with Crippen LogP contribution in [0.2, 0.25) is 0 Å². The number of rotatable bonds is 3. The number of benzene rings is 1. The SMILES string of the molecule is COC(=O)[C@H]1CCNC[C@H]1c1cccc(OC)c1. The molecule has 0 radical (unpaired) electrons. The van der Waals surface area contributed by atoms with Crippen molar-refractivity contribution in [1.29, 1.82) is 0 Å². The maximum absolute atomic E-state index is 11.8. The average molecular weight is 249 g/mol. The van der Waals surface area contributed by atoms with Crippen LogP contribution in [0.1, 0.15) is 17.9 Å². The van der Waals surface area contributed by atoms with E-state index in [0.717, 1.165) is 30.8 Å². The van der Waals surface area contributed by atoms with E-state index in [1.54, 1.807) is 7.11 Å². The molecule has 0 aliphatic carbocycles.